The third-order valence-corrected chi connectivity index (χ3v) is 7.09. The zero-order chi connectivity index (χ0) is 25.2. The van der Waals surface area contributed by atoms with Crippen LogP contribution in [0.2, 0.25) is 0 Å². The van der Waals surface area contributed by atoms with Crippen molar-refractivity contribution in [3.05, 3.63) is 53.3 Å². The number of aliphatic hydroxyl groups is 1. The Morgan fingerprint density at radius 3 is 2.72 bits per heavy atom. The minimum absolute atomic E-state index is 0.0656. The number of nitrogens with zero attached hydrogens (tertiary/aromatic N) is 3. The van der Waals surface area contributed by atoms with Crippen molar-refractivity contribution in [1.29, 1.82) is 0 Å². The van der Waals surface area contributed by atoms with E-state index in [4.69, 9.17) is 9.15 Å². The van der Waals surface area contributed by atoms with Crippen LogP contribution >= 0.6 is 0 Å². The van der Waals surface area contributed by atoms with Crippen molar-refractivity contribution in [2.24, 2.45) is 0 Å². The van der Waals surface area contributed by atoms with Crippen LogP contribution in [0.3, 0.4) is 0 Å². The Balaban J connectivity index is 1.36. The van der Waals surface area contributed by atoms with Gasteiger partial charge in [-0.3, -0.25) is 29.4 Å². The molecule has 2 aromatic heterocycles. The van der Waals surface area contributed by atoms with Gasteiger partial charge in [-0.1, -0.05) is 6.07 Å². The molecule has 11 nitrogen and oxygen atoms in total. The van der Waals surface area contributed by atoms with Crippen LogP contribution in [0.25, 0.3) is 11.1 Å². The third-order valence-electron chi connectivity index (χ3n) is 7.09. The number of furan rings is 1. The SMILES string of the molecule is COc1ccc2c(c1)C(=O)N(C[C@@]1(c3cc4nc(N5CC[C@H](O)C5=O)ccc4o3)CC(=O)NC1=O)C2. The number of carbonyl (C=O) groups is 4. The molecule has 6 rings (SSSR count). The molecule has 184 valence electrons. The van der Waals surface area contributed by atoms with Gasteiger partial charge in [0.15, 0.2) is 5.58 Å². The van der Waals surface area contributed by atoms with Gasteiger partial charge in [-0.15, -0.1) is 0 Å². The summed E-state index contributed by atoms with van der Waals surface area (Å²) in [6, 6.07) is 10.0. The fourth-order valence-corrected chi connectivity index (χ4v) is 5.16. The average molecular weight is 490 g/mol. The van der Waals surface area contributed by atoms with Gasteiger partial charge in [0.25, 0.3) is 11.8 Å². The Hall–Kier alpha value is -4.25. The van der Waals surface area contributed by atoms with Crippen LogP contribution < -0.4 is 15.0 Å². The van der Waals surface area contributed by atoms with Crippen molar-refractivity contribution in [3.63, 3.8) is 0 Å². The average Bonchev–Trinajstić information content (AvgIpc) is 3.59. The monoisotopic (exact) mass is 490 g/mol. The molecule has 0 unspecified atom stereocenters. The molecule has 2 saturated heterocycles. The van der Waals surface area contributed by atoms with E-state index in [0.29, 0.717) is 41.2 Å². The maximum atomic E-state index is 13.2. The molecule has 4 amide bonds. The molecule has 3 aliphatic heterocycles. The largest absolute Gasteiger partial charge is 0.497 e. The standard InChI is InChI=1S/C25H22N4O7/c1-35-14-3-2-13-11-28(22(32)15(13)8-14)12-25(10-21(31)27-24(25)34)19-9-16-18(36-19)4-5-20(26-16)29-7-6-17(30)23(29)33/h2-5,8-9,17,30H,6-7,10-12H2,1H3,(H,27,31,34)/t17-,25+/m0/s1. The quantitative estimate of drug-likeness (QED) is 0.502. The van der Waals surface area contributed by atoms with Crippen LogP contribution in [-0.2, 0) is 26.3 Å². The van der Waals surface area contributed by atoms with Gasteiger partial charge in [0.1, 0.15) is 34.4 Å². The van der Waals surface area contributed by atoms with Gasteiger partial charge in [0, 0.05) is 37.7 Å². The smallest absolute Gasteiger partial charge is 0.257 e. The molecule has 3 aliphatic rings. The lowest BCUT2D eigenvalue weighted by Crippen LogP contribution is -2.46. The van der Waals surface area contributed by atoms with Crippen LogP contribution in [0.4, 0.5) is 5.82 Å². The summed E-state index contributed by atoms with van der Waals surface area (Å²) < 4.78 is 11.2. The van der Waals surface area contributed by atoms with Gasteiger partial charge < -0.3 is 19.2 Å². The third kappa shape index (κ3) is 3.27. The summed E-state index contributed by atoms with van der Waals surface area (Å²) in [6.45, 7) is 0.555. The highest BCUT2D eigenvalue weighted by molar-refractivity contribution is 6.10. The normalized spacial score (nSPS) is 23.7. The Morgan fingerprint density at radius 2 is 2.03 bits per heavy atom. The number of amides is 4. The number of fused-ring (bicyclic) bond motifs is 2. The van der Waals surface area contributed by atoms with E-state index in [1.165, 1.54) is 16.9 Å². The van der Waals surface area contributed by atoms with Crippen LogP contribution in [0.15, 0.2) is 40.8 Å². The van der Waals surface area contributed by atoms with E-state index in [1.807, 2.05) is 6.07 Å². The minimum atomic E-state index is -1.43. The summed E-state index contributed by atoms with van der Waals surface area (Å²) in [5.41, 5.74) is 0.619. The summed E-state index contributed by atoms with van der Waals surface area (Å²) in [7, 11) is 1.52. The number of hydrogen-bond acceptors (Lipinski definition) is 8. The fourth-order valence-electron chi connectivity index (χ4n) is 5.16. The second-order valence-electron chi connectivity index (χ2n) is 9.28. The van der Waals surface area contributed by atoms with E-state index < -0.39 is 29.2 Å². The van der Waals surface area contributed by atoms with Crippen molar-refractivity contribution in [3.8, 4) is 5.75 Å². The Labute approximate surface area is 204 Å². The highest BCUT2D eigenvalue weighted by atomic mass is 16.5. The van der Waals surface area contributed by atoms with E-state index in [0.717, 1.165) is 5.56 Å². The molecule has 1 aromatic carbocycles. The van der Waals surface area contributed by atoms with Crippen LogP contribution in [-0.4, -0.2) is 64.9 Å². The molecule has 2 atom stereocenters. The van der Waals surface area contributed by atoms with Gasteiger partial charge in [0.2, 0.25) is 11.8 Å². The molecular weight excluding hydrogens is 468 g/mol. The Bertz CT molecular complexity index is 1460. The lowest BCUT2D eigenvalue weighted by Gasteiger charge is -2.28. The van der Waals surface area contributed by atoms with Gasteiger partial charge in [-0.05, 0) is 29.8 Å². The predicted octanol–water partition coefficient (Wildman–Crippen LogP) is 0.874. The van der Waals surface area contributed by atoms with E-state index in [2.05, 4.69) is 10.3 Å². The van der Waals surface area contributed by atoms with Crippen molar-refractivity contribution < 1.29 is 33.4 Å². The maximum absolute atomic E-state index is 13.2. The number of carbonyl (C=O) groups excluding carboxylic acids is 4. The summed E-state index contributed by atoms with van der Waals surface area (Å²) >= 11 is 0. The molecule has 3 aromatic rings. The molecule has 0 spiro atoms. The number of benzene rings is 1. The van der Waals surface area contributed by atoms with Gasteiger partial charge in [-0.25, -0.2) is 4.98 Å². The lowest BCUT2D eigenvalue weighted by atomic mass is 9.82. The topological polar surface area (TPSA) is 142 Å². The number of ether oxygens (including phenoxy) is 1. The maximum Gasteiger partial charge on any atom is 0.257 e. The predicted molar refractivity (Wildman–Crippen MR) is 124 cm³/mol. The zero-order valence-corrected chi connectivity index (χ0v) is 19.3. The second-order valence-corrected chi connectivity index (χ2v) is 9.28. The molecule has 36 heavy (non-hydrogen) atoms. The van der Waals surface area contributed by atoms with Crippen molar-refractivity contribution >= 4 is 40.5 Å². The number of imide groups is 1. The van der Waals surface area contributed by atoms with Gasteiger partial charge in [0.05, 0.1) is 13.5 Å². The van der Waals surface area contributed by atoms with Crippen LogP contribution in [0.1, 0.15) is 34.5 Å². The highest BCUT2D eigenvalue weighted by Gasteiger charge is 2.53. The highest BCUT2D eigenvalue weighted by Crippen LogP contribution is 2.39. The molecule has 0 radical (unpaired) electrons. The Kier molecular flexibility index (Phi) is 4.87. The van der Waals surface area contributed by atoms with Crippen LogP contribution in [0.5, 0.6) is 5.75 Å². The molecule has 2 N–H and O–H groups in total. The summed E-state index contributed by atoms with van der Waals surface area (Å²) in [5.74, 6) is -0.584. The number of pyridine rings is 1. The van der Waals surface area contributed by atoms with Gasteiger partial charge >= 0.3 is 0 Å². The van der Waals surface area contributed by atoms with E-state index >= 15 is 0 Å². The first kappa shape index (κ1) is 22.2. The lowest BCUT2D eigenvalue weighted by molar-refractivity contribution is -0.127. The second kappa shape index (κ2) is 7.89. The van der Waals surface area contributed by atoms with E-state index in [1.54, 1.807) is 30.3 Å². The summed E-state index contributed by atoms with van der Waals surface area (Å²) in [4.78, 5) is 58.3. The van der Waals surface area contributed by atoms with Crippen molar-refractivity contribution in [2.75, 3.05) is 25.1 Å². The Morgan fingerprint density at radius 1 is 1.19 bits per heavy atom. The first-order chi connectivity index (χ1) is 17.3. The molecule has 5 heterocycles. The number of hydrogen-bond donors (Lipinski definition) is 2. The number of nitrogens with one attached hydrogen (secondary N) is 1. The molecular formula is C25H22N4O7. The van der Waals surface area contributed by atoms with E-state index in [-0.39, 0.29) is 31.2 Å². The summed E-state index contributed by atoms with van der Waals surface area (Å²) in [5, 5.41) is 12.1. The summed E-state index contributed by atoms with van der Waals surface area (Å²) in [6.07, 6.45) is -0.918. The molecule has 0 saturated carbocycles. The van der Waals surface area contributed by atoms with E-state index in [9.17, 15) is 24.3 Å². The molecule has 0 bridgehead atoms. The zero-order valence-electron chi connectivity index (χ0n) is 19.3. The number of aliphatic hydroxyl groups excluding tert-OH is 1. The number of methoxy groups -OCH3 is 1. The molecule has 0 aliphatic carbocycles. The first-order valence-corrected chi connectivity index (χ1v) is 11.5. The molecule has 2 fully saturated rings. The van der Waals surface area contributed by atoms with Gasteiger partial charge in [-0.2, -0.15) is 0 Å². The molecule has 11 heteroatoms. The fraction of sp³-hybridized carbons (Fsp3) is 0.320. The number of anilines is 1. The first-order valence-electron chi connectivity index (χ1n) is 11.5. The van der Waals surface area contributed by atoms with Crippen LogP contribution in [0, 0.1) is 0 Å². The van der Waals surface area contributed by atoms with Crippen molar-refractivity contribution in [2.45, 2.75) is 30.9 Å². The number of aromatic nitrogens is 1. The minimum Gasteiger partial charge on any atom is -0.497 e. The number of rotatable bonds is 5. The van der Waals surface area contributed by atoms with Crippen molar-refractivity contribution in [1.82, 2.24) is 15.2 Å².